The molecule has 0 atom stereocenters. The van der Waals surface area contributed by atoms with Gasteiger partial charge in [-0.05, 0) is 25.0 Å². The average Bonchev–Trinajstić information content (AvgIpc) is 2.55. The first-order chi connectivity index (χ1) is 10.3. The lowest BCUT2D eigenvalue weighted by Gasteiger charge is -2.49. The second-order valence-electron chi connectivity index (χ2n) is 6.03. The molecule has 1 aliphatic heterocycles. The fourth-order valence-electron chi connectivity index (χ4n) is 3.53. The van der Waals surface area contributed by atoms with Gasteiger partial charge in [-0.1, -0.05) is 43.4 Å². The minimum absolute atomic E-state index is 0.0118. The third-order valence-electron chi connectivity index (χ3n) is 4.66. The van der Waals surface area contributed by atoms with Crippen molar-refractivity contribution in [2.24, 2.45) is 0 Å². The summed E-state index contributed by atoms with van der Waals surface area (Å²) in [6.07, 6.45) is 5.95. The van der Waals surface area contributed by atoms with Crippen LogP contribution in [-0.2, 0) is 4.79 Å². The van der Waals surface area contributed by atoms with Gasteiger partial charge in [0, 0.05) is 31.1 Å². The summed E-state index contributed by atoms with van der Waals surface area (Å²) in [5.74, 6) is 5.84. The van der Waals surface area contributed by atoms with E-state index in [0.717, 1.165) is 38.0 Å². The number of amides is 1. The van der Waals surface area contributed by atoms with Crippen molar-refractivity contribution in [3.05, 3.63) is 35.9 Å². The molecule has 0 aromatic heterocycles. The Hall–Kier alpha value is -1.79. The molecule has 1 saturated heterocycles. The van der Waals surface area contributed by atoms with E-state index in [-0.39, 0.29) is 11.4 Å². The van der Waals surface area contributed by atoms with Gasteiger partial charge in [-0.15, -0.1) is 0 Å². The highest BCUT2D eigenvalue weighted by atomic mass is 16.2. The van der Waals surface area contributed by atoms with E-state index in [4.69, 9.17) is 0 Å². The molecular weight excluding hydrogens is 260 g/mol. The Morgan fingerprint density at radius 1 is 1.14 bits per heavy atom. The minimum Gasteiger partial charge on any atom is -0.324 e. The first-order valence-electron chi connectivity index (χ1n) is 7.90. The lowest BCUT2D eigenvalue weighted by molar-refractivity contribution is -0.134. The summed E-state index contributed by atoms with van der Waals surface area (Å²) in [6, 6.07) is 9.73. The number of hydrogen-bond donors (Lipinski definition) is 1. The van der Waals surface area contributed by atoms with Crippen molar-refractivity contribution < 1.29 is 4.79 Å². The van der Waals surface area contributed by atoms with Crippen LogP contribution in [0.3, 0.4) is 0 Å². The number of carbonyl (C=O) groups excluding carboxylic acids is 1. The molecular formula is C18H22N2O. The predicted molar refractivity (Wildman–Crippen MR) is 83.7 cm³/mol. The van der Waals surface area contributed by atoms with Crippen LogP contribution in [0.15, 0.2) is 30.3 Å². The van der Waals surface area contributed by atoms with Crippen molar-refractivity contribution in [2.45, 2.75) is 37.6 Å². The van der Waals surface area contributed by atoms with Crippen molar-refractivity contribution in [1.29, 1.82) is 0 Å². The van der Waals surface area contributed by atoms with Crippen LogP contribution in [0.5, 0.6) is 0 Å². The summed E-state index contributed by atoms with van der Waals surface area (Å²) in [5.41, 5.74) is 0.914. The van der Waals surface area contributed by atoms with Gasteiger partial charge in [-0.2, -0.15) is 0 Å². The molecule has 1 aromatic carbocycles. The molecule has 0 bridgehead atoms. The zero-order valence-corrected chi connectivity index (χ0v) is 12.4. The van der Waals surface area contributed by atoms with Crippen LogP contribution in [-0.4, -0.2) is 36.0 Å². The third-order valence-corrected chi connectivity index (χ3v) is 4.66. The van der Waals surface area contributed by atoms with Crippen molar-refractivity contribution in [2.75, 3.05) is 19.6 Å². The number of nitrogens with zero attached hydrogens (tertiary/aromatic N) is 1. The van der Waals surface area contributed by atoms with Gasteiger partial charge in [0.05, 0.1) is 5.54 Å². The quantitative estimate of drug-likeness (QED) is 0.740. The topological polar surface area (TPSA) is 32.3 Å². The van der Waals surface area contributed by atoms with Crippen LogP contribution >= 0.6 is 0 Å². The molecule has 1 heterocycles. The van der Waals surface area contributed by atoms with Crippen LogP contribution in [0.25, 0.3) is 0 Å². The van der Waals surface area contributed by atoms with Crippen molar-refractivity contribution in [1.82, 2.24) is 10.2 Å². The van der Waals surface area contributed by atoms with E-state index in [2.05, 4.69) is 17.2 Å². The number of hydrogen-bond acceptors (Lipinski definition) is 2. The lowest BCUT2D eigenvalue weighted by atomic mass is 9.79. The number of carbonyl (C=O) groups is 1. The molecule has 1 spiro atoms. The normalized spacial score (nSPS) is 20.7. The maximum Gasteiger partial charge on any atom is 0.299 e. The van der Waals surface area contributed by atoms with Crippen LogP contribution in [0.4, 0.5) is 0 Å². The summed E-state index contributed by atoms with van der Waals surface area (Å²) >= 11 is 0. The Morgan fingerprint density at radius 2 is 1.90 bits per heavy atom. The second kappa shape index (κ2) is 6.32. The van der Waals surface area contributed by atoms with E-state index < -0.39 is 0 Å². The molecule has 3 heteroatoms. The molecule has 2 fully saturated rings. The number of benzene rings is 1. The smallest absolute Gasteiger partial charge is 0.299 e. The van der Waals surface area contributed by atoms with Crippen LogP contribution in [0.1, 0.15) is 37.7 Å². The Balaban J connectivity index is 1.77. The van der Waals surface area contributed by atoms with E-state index in [9.17, 15) is 4.79 Å². The summed E-state index contributed by atoms with van der Waals surface area (Å²) in [6.45, 7) is 2.58. The van der Waals surface area contributed by atoms with Gasteiger partial charge in [-0.3, -0.25) is 4.79 Å². The Morgan fingerprint density at radius 3 is 2.67 bits per heavy atom. The third kappa shape index (κ3) is 3.11. The molecule has 1 aromatic rings. The molecule has 110 valence electrons. The SMILES string of the molecule is O=C(C#Cc1ccccc1)N1CCNCC12CCCCC2. The number of piperazine rings is 1. The summed E-state index contributed by atoms with van der Waals surface area (Å²) in [7, 11) is 0. The Kier molecular flexibility index (Phi) is 4.26. The predicted octanol–water partition coefficient (Wildman–Crippen LogP) is 2.17. The molecule has 0 unspecified atom stereocenters. The first kappa shape index (κ1) is 14.2. The molecule has 3 nitrogen and oxygen atoms in total. The Bertz CT molecular complexity index is 541. The second-order valence-corrected chi connectivity index (χ2v) is 6.03. The van der Waals surface area contributed by atoms with Crippen molar-refractivity contribution >= 4 is 5.91 Å². The maximum absolute atomic E-state index is 12.6. The van der Waals surface area contributed by atoms with E-state index in [1.54, 1.807) is 0 Å². The highest BCUT2D eigenvalue weighted by Crippen LogP contribution is 2.34. The highest BCUT2D eigenvalue weighted by molar-refractivity contribution is 5.94. The molecule has 3 rings (SSSR count). The van der Waals surface area contributed by atoms with Gasteiger partial charge in [0.2, 0.25) is 0 Å². The first-order valence-corrected chi connectivity index (χ1v) is 7.90. The standard InChI is InChI=1S/C18H22N2O/c21-17(10-9-16-7-3-1-4-8-16)20-14-13-19-15-18(20)11-5-2-6-12-18/h1,3-4,7-8,19H,2,5-6,11-15H2. The van der Waals surface area contributed by atoms with Crippen LogP contribution < -0.4 is 5.32 Å². The van der Waals surface area contributed by atoms with Crippen LogP contribution in [0.2, 0.25) is 0 Å². The fraction of sp³-hybridized carbons (Fsp3) is 0.500. The van der Waals surface area contributed by atoms with Gasteiger partial charge < -0.3 is 10.2 Å². The number of rotatable bonds is 0. The molecule has 1 aliphatic carbocycles. The largest absolute Gasteiger partial charge is 0.324 e. The van der Waals surface area contributed by atoms with Gasteiger partial charge >= 0.3 is 0 Å². The maximum atomic E-state index is 12.6. The average molecular weight is 282 g/mol. The van der Waals surface area contributed by atoms with E-state index >= 15 is 0 Å². The summed E-state index contributed by atoms with van der Waals surface area (Å²) in [4.78, 5) is 14.6. The number of nitrogens with one attached hydrogen (secondary N) is 1. The van der Waals surface area contributed by atoms with Crippen molar-refractivity contribution in [3.63, 3.8) is 0 Å². The van der Waals surface area contributed by atoms with Crippen molar-refractivity contribution in [3.8, 4) is 11.8 Å². The van der Waals surface area contributed by atoms with E-state index in [1.165, 1.54) is 19.3 Å². The monoisotopic (exact) mass is 282 g/mol. The zero-order valence-electron chi connectivity index (χ0n) is 12.4. The molecule has 0 radical (unpaired) electrons. The van der Waals surface area contributed by atoms with Gasteiger partial charge in [0.25, 0.3) is 5.91 Å². The fourth-order valence-corrected chi connectivity index (χ4v) is 3.53. The van der Waals surface area contributed by atoms with Gasteiger partial charge in [0.15, 0.2) is 0 Å². The van der Waals surface area contributed by atoms with Crippen LogP contribution in [0, 0.1) is 11.8 Å². The lowest BCUT2D eigenvalue weighted by Crippen LogP contribution is -2.63. The summed E-state index contributed by atoms with van der Waals surface area (Å²) < 4.78 is 0. The van der Waals surface area contributed by atoms with E-state index in [0.29, 0.717) is 0 Å². The molecule has 21 heavy (non-hydrogen) atoms. The minimum atomic E-state index is -0.0118. The molecule has 1 N–H and O–H groups in total. The van der Waals surface area contributed by atoms with E-state index in [1.807, 2.05) is 35.2 Å². The van der Waals surface area contributed by atoms with Gasteiger partial charge in [-0.25, -0.2) is 0 Å². The molecule has 1 saturated carbocycles. The Labute approximate surface area is 126 Å². The molecule has 2 aliphatic rings. The zero-order chi connectivity index (χ0) is 14.5. The summed E-state index contributed by atoms with van der Waals surface area (Å²) in [5, 5.41) is 3.46. The van der Waals surface area contributed by atoms with Gasteiger partial charge in [0.1, 0.15) is 0 Å². The molecule has 1 amide bonds. The highest BCUT2D eigenvalue weighted by Gasteiger charge is 2.41.